The van der Waals surface area contributed by atoms with Crippen LogP contribution in [-0.2, 0) is 11.3 Å². The molecule has 1 saturated heterocycles. The molecule has 1 amide bonds. The van der Waals surface area contributed by atoms with E-state index in [0.717, 1.165) is 30.0 Å². The average molecular weight is 313 g/mol. The molecule has 3 rings (SSSR count). The van der Waals surface area contributed by atoms with Crippen molar-refractivity contribution in [3.05, 3.63) is 60.2 Å². The van der Waals surface area contributed by atoms with Gasteiger partial charge in [0.05, 0.1) is 0 Å². The van der Waals surface area contributed by atoms with E-state index < -0.39 is 0 Å². The van der Waals surface area contributed by atoms with Gasteiger partial charge in [0.1, 0.15) is 11.5 Å². The lowest BCUT2D eigenvalue weighted by Gasteiger charge is -2.30. The van der Waals surface area contributed by atoms with Crippen molar-refractivity contribution in [2.45, 2.75) is 24.6 Å². The highest BCUT2D eigenvalue weighted by atomic mass is 32.1. The van der Waals surface area contributed by atoms with Gasteiger partial charge in [0.15, 0.2) is 0 Å². The number of likely N-dealkylation sites (tertiary alicyclic amines) is 1. The first-order chi connectivity index (χ1) is 10.7. The fourth-order valence-corrected chi connectivity index (χ4v) is 2.88. The van der Waals surface area contributed by atoms with Gasteiger partial charge in [-0.1, -0.05) is 30.3 Å². The fourth-order valence-electron chi connectivity index (χ4n) is 2.56. The number of nitrogens with zero attached hydrogens (tertiary/aromatic N) is 1. The fraction of sp³-hybridized carbons (Fsp3) is 0.278. The van der Waals surface area contributed by atoms with E-state index in [0.29, 0.717) is 18.2 Å². The van der Waals surface area contributed by atoms with Crippen LogP contribution in [0.2, 0.25) is 0 Å². The minimum absolute atomic E-state index is 0.218. The van der Waals surface area contributed by atoms with Crippen molar-refractivity contribution in [3.63, 3.8) is 0 Å². The summed E-state index contributed by atoms with van der Waals surface area (Å²) in [5, 5.41) is 0.290. The summed E-state index contributed by atoms with van der Waals surface area (Å²) in [6.07, 6.45) is 1.48. The average Bonchev–Trinajstić information content (AvgIpc) is 2.54. The molecule has 22 heavy (non-hydrogen) atoms. The summed E-state index contributed by atoms with van der Waals surface area (Å²) in [6, 6.07) is 17.6. The predicted octanol–water partition coefficient (Wildman–Crippen LogP) is 3.90. The molecule has 0 radical (unpaired) electrons. The minimum atomic E-state index is 0.218. The number of amides is 1. The van der Waals surface area contributed by atoms with Gasteiger partial charge in [0.2, 0.25) is 5.91 Å². The lowest BCUT2D eigenvalue weighted by Crippen LogP contribution is -2.39. The molecule has 0 N–H and O–H groups in total. The van der Waals surface area contributed by atoms with Crippen LogP contribution in [0, 0.1) is 0 Å². The Balaban J connectivity index is 1.63. The SMILES string of the molecule is O=C1CCC(S)CN1Cc1ccc(Oc2ccccc2)cc1. The number of piperidine rings is 1. The third-order valence-electron chi connectivity index (χ3n) is 3.75. The Morgan fingerprint density at radius 3 is 2.45 bits per heavy atom. The molecule has 2 aromatic rings. The summed E-state index contributed by atoms with van der Waals surface area (Å²) in [5.41, 5.74) is 1.11. The van der Waals surface area contributed by atoms with Crippen molar-refractivity contribution in [1.29, 1.82) is 0 Å². The van der Waals surface area contributed by atoms with Crippen LogP contribution in [0.4, 0.5) is 0 Å². The third-order valence-corrected chi connectivity index (χ3v) is 4.17. The maximum atomic E-state index is 11.9. The molecule has 1 atom stereocenters. The highest BCUT2D eigenvalue weighted by Gasteiger charge is 2.23. The quantitative estimate of drug-likeness (QED) is 0.868. The summed E-state index contributed by atoms with van der Waals surface area (Å²) in [5.74, 6) is 1.83. The summed E-state index contributed by atoms with van der Waals surface area (Å²) in [6.45, 7) is 1.37. The van der Waals surface area contributed by atoms with Gasteiger partial charge in [-0.25, -0.2) is 0 Å². The van der Waals surface area contributed by atoms with Gasteiger partial charge >= 0.3 is 0 Å². The summed E-state index contributed by atoms with van der Waals surface area (Å²) in [4.78, 5) is 13.8. The van der Waals surface area contributed by atoms with Crippen LogP contribution in [0.15, 0.2) is 54.6 Å². The zero-order valence-electron chi connectivity index (χ0n) is 12.3. The molecule has 1 aliphatic heterocycles. The molecule has 3 nitrogen and oxygen atoms in total. The van der Waals surface area contributed by atoms with E-state index in [1.54, 1.807) is 0 Å². The van der Waals surface area contributed by atoms with Gasteiger partial charge in [-0.3, -0.25) is 4.79 Å². The van der Waals surface area contributed by atoms with E-state index in [-0.39, 0.29) is 5.91 Å². The molecular weight excluding hydrogens is 294 g/mol. The van der Waals surface area contributed by atoms with Crippen LogP contribution in [0.1, 0.15) is 18.4 Å². The van der Waals surface area contributed by atoms with Crippen molar-refractivity contribution >= 4 is 18.5 Å². The van der Waals surface area contributed by atoms with E-state index in [1.165, 1.54) is 0 Å². The molecule has 0 saturated carbocycles. The molecule has 4 heteroatoms. The van der Waals surface area contributed by atoms with Crippen molar-refractivity contribution < 1.29 is 9.53 Å². The van der Waals surface area contributed by atoms with Gasteiger partial charge in [-0.15, -0.1) is 0 Å². The minimum Gasteiger partial charge on any atom is -0.457 e. The summed E-state index contributed by atoms with van der Waals surface area (Å²) in [7, 11) is 0. The number of hydrogen-bond acceptors (Lipinski definition) is 3. The predicted molar refractivity (Wildman–Crippen MR) is 90.4 cm³/mol. The third kappa shape index (κ3) is 3.83. The molecule has 1 fully saturated rings. The number of carbonyl (C=O) groups is 1. The number of benzene rings is 2. The number of hydrogen-bond donors (Lipinski definition) is 1. The molecule has 2 aromatic carbocycles. The van der Waals surface area contributed by atoms with Crippen LogP contribution in [0.5, 0.6) is 11.5 Å². The maximum absolute atomic E-state index is 11.9. The van der Waals surface area contributed by atoms with Crippen molar-refractivity contribution in [3.8, 4) is 11.5 Å². The second-order valence-corrected chi connectivity index (χ2v) is 6.26. The Labute approximate surface area is 136 Å². The van der Waals surface area contributed by atoms with Crippen LogP contribution in [0.25, 0.3) is 0 Å². The normalized spacial score (nSPS) is 18.3. The molecule has 114 valence electrons. The molecular formula is C18H19NO2S. The number of thiol groups is 1. The zero-order chi connectivity index (χ0) is 15.4. The largest absolute Gasteiger partial charge is 0.457 e. The standard InChI is InChI=1S/C18H19NO2S/c20-18-11-10-17(22)13-19(18)12-14-6-8-16(9-7-14)21-15-4-2-1-3-5-15/h1-9,17,22H,10-13H2. The molecule has 0 spiro atoms. The van der Waals surface area contributed by atoms with Crippen LogP contribution < -0.4 is 4.74 Å². The first kappa shape index (κ1) is 15.0. The molecule has 1 aliphatic rings. The van der Waals surface area contributed by atoms with Crippen LogP contribution in [0.3, 0.4) is 0 Å². The van der Waals surface area contributed by atoms with Gasteiger partial charge in [0.25, 0.3) is 0 Å². The number of ether oxygens (including phenoxy) is 1. The zero-order valence-corrected chi connectivity index (χ0v) is 13.2. The van der Waals surface area contributed by atoms with Gasteiger partial charge in [-0.05, 0) is 36.2 Å². The lowest BCUT2D eigenvalue weighted by molar-refractivity contribution is -0.133. The first-order valence-corrected chi connectivity index (χ1v) is 8.00. The van der Waals surface area contributed by atoms with E-state index in [1.807, 2.05) is 59.5 Å². The Morgan fingerprint density at radius 2 is 1.73 bits per heavy atom. The summed E-state index contributed by atoms with van der Waals surface area (Å²) >= 11 is 4.49. The lowest BCUT2D eigenvalue weighted by atomic mass is 10.1. The van der Waals surface area contributed by atoms with Crippen molar-refractivity contribution in [2.24, 2.45) is 0 Å². The second kappa shape index (κ2) is 6.88. The monoisotopic (exact) mass is 313 g/mol. The smallest absolute Gasteiger partial charge is 0.222 e. The second-order valence-electron chi connectivity index (χ2n) is 5.53. The van der Waals surface area contributed by atoms with E-state index in [2.05, 4.69) is 12.6 Å². The number of para-hydroxylation sites is 1. The Hall–Kier alpha value is -1.94. The number of rotatable bonds is 4. The Morgan fingerprint density at radius 1 is 1.05 bits per heavy atom. The van der Waals surface area contributed by atoms with Gasteiger partial charge < -0.3 is 9.64 Å². The van der Waals surface area contributed by atoms with E-state index in [4.69, 9.17) is 4.74 Å². The van der Waals surface area contributed by atoms with Gasteiger partial charge in [-0.2, -0.15) is 12.6 Å². The van der Waals surface area contributed by atoms with Crippen molar-refractivity contribution in [1.82, 2.24) is 4.90 Å². The highest BCUT2D eigenvalue weighted by molar-refractivity contribution is 7.81. The van der Waals surface area contributed by atoms with Gasteiger partial charge in [0, 0.05) is 24.8 Å². The van der Waals surface area contributed by atoms with Crippen LogP contribution >= 0.6 is 12.6 Å². The highest BCUT2D eigenvalue weighted by Crippen LogP contribution is 2.23. The summed E-state index contributed by atoms with van der Waals surface area (Å²) < 4.78 is 5.77. The molecule has 1 unspecified atom stereocenters. The van der Waals surface area contributed by atoms with Crippen molar-refractivity contribution in [2.75, 3.05) is 6.54 Å². The Kier molecular flexibility index (Phi) is 4.68. The topological polar surface area (TPSA) is 29.5 Å². The van der Waals surface area contributed by atoms with Crippen LogP contribution in [-0.4, -0.2) is 22.6 Å². The number of carbonyl (C=O) groups excluding carboxylic acids is 1. The molecule has 0 aliphatic carbocycles. The first-order valence-electron chi connectivity index (χ1n) is 7.48. The Bertz CT molecular complexity index is 627. The van der Waals surface area contributed by atoms with E-state index >= 15 is 0 Å². The molecule has 1 heterocycles. The molecule has 0 bridgehead atoms. The molecule has 0 aromatic heterocycles. The van der Waals surface area contributed by atoms with E-state index in [9.17, 15) is 4.79 Å². The maximum Gasteiger partial charge on any atom is 0.222 e.